The summed E-state index contributed by atoms with van der Waals surface area (Å²) in [4.78, 5) is 24.1. The highest BCUT2D eigenvalue weighted by Crippen LogP contribution is 2.63. The second-order valence-electron chi connectivity index (χ2n) is 7.89. The molecule has 5 atom stereocenters. The Morgan fingerprint density at radius 1 is 1.05 bits per heavy atom. The van der Waals surface area contributed by atoms with Gasteiger partial charge in [-0.2, -0.15) is 12.6 Å². The van der Waals surface area contributed by atoms with Crippen molar-refractivity contribution >= 4 is 24.2 Å². The summed E-state index contributed by atoms with van der Waals surface area (Å²) in [5.74, 6) is 2.55. The summed E-state index contributed by atoms with van der Waals surface area (Å²) in [5.41, 5.74) is 1.23. The number of ketones is 2. The minimum Gasteiger partial charge on any atom is -0.299 e. The molecule has 0 aliphatic heterocycles. The van der Waals surface area contributed by atoms with E-state index in [1.807, 2.05) is 6.08 Å². The van der Waals surface area contributed by atoms with Crippen molar-refractivity contribution in [2.24, 2.45) is 23.2 Å². The predicted molar refractivity (Wildman–Crippen MR) is 85.3 cm³/mol. The molecular weight excluding hydrogens is 280 g/mol. The van der Waals surface area contributed by atoms with Crippen molar-refractivity contribution in [1.29, 1.82) is 0 Å². The highest BCUT2D eigenvalue weighted by Gasteiger charge is 2.59. The van der Waals surface area contributed by atoms with E-state index in [0.29, 0.717) is 30.0 Å². The van der Waals surface area contributed by atoms with Gasteiger partial charge in [-0.1, -0.05) is 12.5 Å². The van der Waals surface area contributed by atoms with Crippen LogP contribution >= 0.6 is 12.6 Å². The van der Waals surface area contributed by atoms with Crippen LogP contribution in [0.1, 0.15) is 58.3 Å². The van der Waals surface area contributed by atoms with Gasteiger partial charge in [-0.3, -0.25) is 9.59 Å². The Kier molecular flexibility index (Phi) is 2.99. The van der Waals surface area contributed by atoms with Crippen molar-refractivity contribution in [2.75, 3.05) is 0 Å². The highest BCUT2D eigenvalue weighted by molar-refractivity contribution is 7.82. The average Bonchev–Trinajstić information content (AvgIpc) is 2.76. The molecule has 4 aliphatic rings. The van der Waals surface area contributed by atoms with Crippen molar-refractivity contribution < 1.29 is 9.59 Å². The lowest BCUT2D eigenvalue weighted by Crippen LogP contribution is -2.52. The molecule has 21 heavy (non-hydrogen) atoms. The van der Waals surface area contributed by atoms with Crippen molar-refractivity contribution in [3.05, 3.63) is 11.6 Å². The second kappa shape index (κ2) is 4.47. The molecule has 114 valence electrons. The molecule has 0 aromatic heterocycles. The van der Waals surface area contributed by atoms with Crippen LogP contribution in [0, 0.1) is 23.2 Å². The van der Waals surface area contributed by atoms with E-state index in [0.717, 1.165) is 44.9 Å². The lowest BCUT2D eigenvalue weighted by Gasteiger charge is -2.56. The number of Topliss-reactive ketones (excluding diaryl/α,β-unsaturated/α-hetero) is 1. The summed E-state index contributed by atoms with van der Waals surface area (Å²) in [6.45, 7) is 2.21. The molecule has 0 amide bonds. The molecule has 0 unspecified atom stereocenters. The van der Waals surface area contributed by atoms with Gasteiger partial charge in [0.25, 0.3) is 0 Å². The van der Waals surface area contributed by atoms with Crippen LogP contribution in [0.15, 0.2) is 11.6 Å². The molecule has 0 radical (unpaired) electrons. The molecule has 4 rings (SSSR count). The third kappa shape index (κ3) is 1.79. The van der Waals surface area contributed by atoms with Crippen molar-refractivity contribution in [2.45, 2.75) is 63.0 Å². The van der Waals surface area contributed by atoms with Gasteiger partial charge >= 0.3 is 0 Å². The SMILES string of the molecule is C[C@]12CC[C@H]3[C@@H](CCC4=CC(=O)CC[C@@]43S)[C@@H]1CCC2=O. The van der Waals surface area contributed by atoms with Gasteiger partial charge in [0, 0.05) is 23.0 Å². The minimum atomic E-state index is -0.0657. The molecular formula is C18H24O2S. The summed E-state index contributed by atoms with van der Waals surface area (Å²) >= 11 is 5.11. The number of fused-ring (bicyclic) bond motifs is 5. The molecule has 0 aromatic rings. The Morgan fingerprint density at radius 2 is 1.86 bits per heavy atom. The Morgan fingerprint density at radius 3 is 2.67 bits per heavy atom. The maximum Gasteiger partial charge on any atom is 0.155 e. The van der Waals surface area contributed by atoms with Gasteiger partial charge in [-0.25, -0.2) is 0 Å². The fraction of sp³-hybridized carbons (Fsp3) is 0.778. The van der Waals surface area contributed by atoms with Gasteiger partial charge in [0.15, 0.2) is 5.78 Å². The first kappa shape index (κ1) is 14.0. The molecule has 2 nitrogen and oxygen atoms in total. The Labute approximate surface area is 132 Å². The molecule has 0 heterocycles. The fourth-order valence-electron chi connectivity index (χ4n) is 5.95. The smallest absolute Gasteiger partial charge is 0.155 e. The van der Waals surface area contributed by atoms with E-state index in [1.165, 1.54) is 5.57 Å². The number of hydrogen-bond acceptors (Lipinski definition) is 3. The van der Waals surface area contributed by atoms with Gasteiger partial charge in [0.2, 0.25) is 0 Å². The van der Waals surface area contributed by atoms with Gasteiger partial charge < -0.3 is 0 Å². The number of carbonyl (C=O) groups is 2. The minimum absolute atomic E-state index is 0.0585. The lowest BCUT2D eigenvalue weighted by atomic mass is 9.52. The molecule has 3 heteroatoms. The molecule has 3 fully saturated rings. The monoisotopic (exact) mass is 304 g/mol. The maximum absolute atomic E-state index is 12.3. The first-order valence-corrected chi connectivity index (χ1v) is 8.89. The molecule has 3 saturated carbocycles. The first-order chi connectivity index (χ1) is 9.95. The van der Waals surface area contributed by atoms with Gasteiger partial charge in [-0.15, -0.1) is 0 Å². The standard InChI is InChI=1S/C18H24O2S/c1-17-8-7-15-13(14(17)4-5-16(17)20)3-2-11-10-12(19)6-9-18(11,15)21/h10,13-15,21H,2-9H2,1H3/t13-,14-,15-,17-,18+/m0/s1. The summed E-state index contributed by atoms with van der Waals surface area (Å²) in [5, 5.41) is 0. The Hall–Kier alpha value is -0.570. The van der Waals surface area contributed by atoms with Gasteiger partial charge in [0.05, 0.1) is 0 Å². The predicted octanol–water partition coefficient (Wildman–Crippen LogP) is 3.75. The number of hydrogen-bond donors (Lipinski definition) is 1. The van der Waals surface area contributed by atoms with E-state index in [-0.39, 0.29) is 15.9 Å². The van der Waals surface area contributed by atoms with Crippen LogP contribution < -0.4 is 0 Å². The lowest BCUT2D eigenvalue weighted by molar-refractivity contribution is -0.130. The third-order valence-corrected chi connectivity index (χ3v) is 7.99. The van der Waals surface area contributed by atoms with Crippen LogP contribution in [-0.2, 0) is 9.59 Å². The largest absolute Gasteiger partial charge is 0.299 e. The number of rotatable bonds is 0. The molecule has 0 spiro atoms. The van der Waals surface area contributed by atoms with E-state index in [2.05, 4.69) is 6.92 Å². The van der Waals surface area contributed by atoms with E-state index in [4.69, 9.17) is 12.6 Å². The fourth-order valence-corrected chi connectivity index (χ4v) is 6.56. The zero-order valence-corrected chi connectivity index (χ0v) is 13.6. The molecule has 0 aromatic carbocycles. The summed E-state index contributed by atoms with van der Waals surface area (Å²) in [6.07, 6.45) is 9.61. The Balaban J connectivity index is 1.70. The topological polar surface area (TPSA) is 34.1 Å². The third-order valence-electron chi connectivity index (χ3n) is 7.15. The van der Waals surface area contributed by atoms with E-state index in [1.54, 1.807) is 0 Å². The highest BCUT2D eigenvalue weighted by atomic mass is 32.1. The zero-order chi connectivity index (χ0) is 14.8. The number of thiol groups is 1. The van der Waals surface area contributed by atoms with E-state index in [9.17, 15) is 9.59 Å². The zero-order valence-electron chi connectivity index (χ0n) is 12.7. The summed E-state index contributed by atoms with van der Waals surface area (Å²) < 4.78 is -0.0657. The van der Waals surface area contributed by atoms with Crippen molar-refractivity contribution in [3.8, 4) is 0 Å². The van der Waals surface area contributed by atoms with Gasteiger partial charge in [-0.05, 0) is 62.4 Å². The van der Waals surface area contributed by atoms with Gasteiger partial charge in [0.1, 0.15) is 5.78 Å². The molecule has 0 bridgehead atoms. The van der Waals surface area contributed by atoms with Crippen LogP contribution in [-0.4, -0.2) is 16.3 Å². The van der Waals surface area contributed by atoms with Crippen LogP contribution in [0.3, 0.4) is 0 Å². The van der Waals surface area contributed by atoms with Crippen molar-refractivity contribution in [3.63, 3.8) is 0 Å². The van der Waals surface area contributed by atoms with E-state index < -0.39 is 0 Å². The number of carbonyl (C=O) groups excluding carboxylic acids is 2. The molecule has 4 aliphatic carbocycles. The molecule has 0 saturated heterocycles. The summed E-state index contributed by atoms with van der Waals surface area (Å²) in [6, 6.07) is 0. The van der Waals surface area contributed by atoms with Crippen LogP contribution in [0.5, 0.6) is 0 Å². The van der Waals surface area contributed by atoms with Crippen LogP contribution in [0.4, 0.5) is 0 Å². The average molecular weight is 304 g/mol. The molecule has 0 N–H and O–H groups in total. The van der Waals surface area contributed by atoms with Crippen molar-refractivity contribution in [1.82, 2.24) is 0 Å². The van der Waals surface area contributed by atoms with Crippen LogP contribution in [0.25, 0.3) is 0 Å². The normalized spacial score (nSPS) is 49.2. The Bertz CT molecular complexity index is 551. The first-order valence-electron chi connectivity index (χ1n) is 8.45. The maximum atomic E-state index is 12.3. The van der Waals surface area contributed by atoms with E-state index >= 15 is 0 Å². The quantitative estimate of drug-likeness (QED) is 0.692. The van der Waals surface area contributed by atoms with Crippen LogP contribution in [0.2, 0.25) is 0 Å². The summed E-state index contributed by atoms with van der Waals surface area (Å²) in [7, 11) is 0. The second-order valence-corrected chi connectivity index (χ2v) is 8.69.